The minimum atomic E-state index is -1.85. The Labute approximate surface area is 177 Å². The maximum atomic E-state index is 13.0. The van der Waals surface area contributed by atoms with Gasteiger partial charge in [0, 0.05) is 17.7 Å². The summed E-state index contributed by atoms with van der Waals surface area (Å²) >= 11 is 12.6. The highest BCUT2D eigenvalue weighted by Gasteiger charge is 2.66. The summed E-state index contributed by atoms with van der Waals surface area (Å²) in [6.45, 7) is 1.37. The van der Waals surface area contributed by atoms with Gasteiger partial charge in [-0.05, 0) is 18.6 Å². The van der Waals surface area contributed by atoms with Crippen LogP contribution in [-0.2, 0) is 19.1 Å². The molecular weight excluding hydrogens is 417 g/mol. The van der Waals surface area contributed by atoms with Gasteiger partial charge in [0.25, 0.3) is 0 Å². The number of nitrogens with two attached hydrogens (primary N) is 1. The number of carbonyl (C=O) groups excluding carboxylic acids is 3. The van der Waals surface area contributed by atoms with E-state index in [9.17, 15) is 19.6 Å². The fourth-order valence-corrected chi connectivity index (χ4v) is 4.54. The standard InChI is InChI=1S/C20H17Cl2N3O4/c1-10(26)11-6-7-14-20(9-23,19(28)29-2)15(17(18(24)27)25(14)8-11)12-4-3-5-13(21)16(12)22/h3-8,14-15,17H,1-2H3,(H2,24,27)/t14-,15-,17+,20+/m1/s1. The Morgan fingerprint density at radius 2 is 2.00 bits per heavy atom. The van der Waals surface area contributed by atoms with Gasteiger partial charge in [-0.3, -0.25) is 14.4 Å². The van der Waals surface area contributed by atoms with E-state index in [1.54, 1.807) is 18.2 Å². The molecule has 0 aromatic heterocycles. The molecule has 1 aromatic rings. The van der Waals surface area contributed by atoms with Crippen LogP contribution in [0.3, 0.4) is 0 Å². The van der Waals surface area contributed by atoms with E-state index in [2.05, 4.69) is 6.07 Å². The van der Waals surface area contributed by atoms with Crippen molar-refractivity contribution in [2.45, 2.75) is 24.9 Å². The molecule has 9 heteroatoms. The molecule has 0 saturated carbocycles. The molecule has 3 rings (SSSR count). The number of Topliss-reactive ketones (excluding diaryl/α,β-unsaturated/α-hetero) is 1. The highest BCUT2D eigenvalue weighted by molar-refractivity contribution is 6.42. The van der Waals surface area contributed by atoms with E-state index in [1.165, 1.54) is 30.2 Å². The lowest BCUT2D eigenvalue weighted by molar-refractivity contribution is -0.150. The lowest BCUT2D eigenvalue weighted by atomic mass is 9.68. The average molecular weight is 434 g/mol. The molecule has 29 heavy (non-hydrogen) atoms. The van der Waals surface area contributed by atoms with Crippen molar-refractivity contribution >= 4 is 40.9 Å². The van der Waals surface area contributed by atoms with Crippen LogP contribution in [-0.4, -0.2) is 41.8 Å². The summed E-state index contributed by atoms with van der Waals surface area (Å²) in [7, 11) is 1.16. The van der Waals surface area contributed by atoms with Gasteiger partial charge >= 0.3 is 5.97 Å². The number of allylic oxidation sites excluding steroid dienone is 2. The van der Waals surface area contributed by atoms with E-state index in [-0.39, 0.29) is 15.8 Å². The number of primary amides is 1. The molecule has 1 aromatic carbocycles. The van der Waals surface area contributed by atoms with Crippen LogP contribution in [0.4, 0.5) is 0 Å². The zero-order chi connectivity index (χ0) is 21.5. The Hall–Kier alpha value is -2.82. The smallest absolute Gasteiger partial charge is 0.329 e. The lowest BCUT2D eigenvalue weighted by Crippen LogP contribution is -2.45. The molecule has 1 amide bonds. The molecule has 0 unspecified atom stereocenters. The van der Waals surface area contributed by atoms with Crippen molar-refractivity contribution in [3.05, 3.63) is 57.7 Å². The second-order valence-electron chi connectivity index (χ2n) is 6.83. The number of ketones is 1. The topological polar surface area (TPSA) is 113 Å². The van der Waals surface area contributed by atoms with Gasteiger partial charge in [-0.1, -0.05) is 47.5 Å². The summed E-state index contributed by atoms with van der Waals surface area (Å²) in [6, 6.07) is 4.75. The zero-order valence-corrected chi connectivity index (χ0v) is 17.1. The Morgan fingerprint density at radius 3 is 2.55 bits per heavy atom. The van der Waals surface area contributed by atoms with Gasteiger partial charge in [-0.2, -0.15) is 5.26 Å². The molecule has 4 atom stereocenters. The van der Waals surface area contributed by atoms with Gasteiger partial charge in [0.2, 0.25) is 5.91 Å². The van der Waals surface area contributed by atoms with Gasteiger partial charge in [-0.15, -0.1) is 0 Å². The number of methoxy groups -OCH3 is 1. The van der Waals surface area contributed by atoms with Crippen LogP contribution in [0, 0.1) is 16.7 Å². The predicted octanol–water partition coefficient (Wildman–Crippen LogP) is 2.34. The number of fused-ring (bicyclic) bond motifs is 1. The minimum absolute atomic E-state index is 0.105. The molecule has 7 nitrogen and oxygen atoms in total. The first-order chi connectivity index (χ1) is 13.7. The van der Waals surface area contributed by atoms with E-state index in [0.29, 0.717) is 11.1 Å². The van der Waals surface area contributed by atoms with Crippen molar-refractivity contribution in [3.63, 3.8) is 0 Å². The molecule has 2 aliphatic rings. The summed E-state index contributed by atoms with van der Waals surface area (Å²) in [6.07, 6.45) is 4.49. The third kappa shape index (κ3) is 3.00. The van der Waals surface area contributed by atoms with Crippen molar-refractivity contribution in [1.82, 2.24) is 4.90 Å². The number of hydrogen-bond donors (Lipinski definition) is 1. The first-order valence-corrected chi connectivity index (χ1v) is 9.37. The third-order valence-electron chi connectivity index (χ3n) is 5.38. The molecule has 2 aliphatic heterocycles. The number of carbonyl (C=O) groups is 3. The summed E-state index contributed by atoms with van der Waals surface area (Å²) in [5.41, 5.74) is 4.48. The lowest BCUT2D eigenvalue weighted by Gasteiger charge is -2.32. The number of benzene rings is 1. The van der Waals surface area contributed by atoms with Crippen molar-refractivity contribution < 1.29 is 19.1 Å². The maximum Gasteiger partial charge on any atom is 0.329 e. The van der Waals surface area contributed by atoms with Gasteiger partial charge in [-0.25, -0.2) is 0 Å². The van der Waals surface area contributed by atoms with E-state index >= 15 is 0 Å². The number of amides is 1. The molecule has 0 radical (unpaired) electrons. The summed E-state index contributed by atoms with van der Waals surface area (Å²) in [5, 5.41) is 10.5. The second-order valence-corrected chi connectivity index (χ2v) is 7.62. The van der Waals surface area contributed by atoms with Crippen LogP contribution in [0.1, 0.15) is 18.4 Å². The van der Waals surface area contributed by atoms with E-state index in [4.69, 9.17) is 33.7 Å². The maximum absolute atomic E-state index is 13.0. The number of ether oxygens (including phenoxy) is 1. The number of hydrogen-bond acceptors (Lipinski definition) is 6. The van der Waals surface area contributed by atoms with Gasteiger partial charge in [0.1, 0.15) is 6.04 Å². The van der Waals surface area contributed by atoms with Crippen molar-refractivity contribution in [3.8, 4) is 6.07 Å². The molecule has 0 bridgehead atoms. The molecule has 0 aliphatic carbocycles. The fourth-order valence-electron chi connectivity index (χ4n) is 4.12. The molecular formula is C20H17Cl2N3O4. The van der Waals surface area contributed by atoms with Gasteiger partial charge < -0.3 is 15.4 Å². The average Bonchev–Trinajstić information content (AvgIpc) is 2.99. The van der Waals surface area contributed by atoms with Crippen molar-refractivity contribution in [2.75, 3.05) is 7.11 Å². The van der Waals surface area contributed by atoms with Crippen molar-refractivity contribution in [1.29, 1.82) is 5.26 Å². The first-order valence-electron chi connectivity index (χ1n) is 8.62. The highest BCUT2D eigenvalue weighted by Crippen LogP contribution is 2.55. The van der Waals surface area contributed by atoms with Crippen molar-refractivity contribution in [2.24, 2.45) is 11.1 Å². The Balaban J connectivity index is 2.36. The van der Waals surface area contributed by atoms with Crippen LogP contribution in [0.2, 0.25) is 10.0 Å². The van der Waals surface area contributed by atoms with Crippen LogP contribution >= 0.6 is 23.2 Å². The van der Waals surface area contributed by atoms with Crippen LogP contribution in [0.15, 0.2) is 42.1 Å². The zero-order valence-electron chi connectivity index (χ0n) is 15.6. The first kappa shape index (κ1) is 20.9. The van der Waals surface area contributed by atoms with Crippen LogP contribution < -0.4 is 5.73 Å². The van der Waals surface area contributed by atoms with E-state index in [0.717, 1.165) is 7.11 Å². The highest BCUT2D eigenvalue weighted by atomic mass is 35.5. The summed E-state index contributed by atoms with van der Waals surface area (Å²) in [4.78, 5) is 38.8. The normalized spacial score (nSPS) is 27.6. The summed E-state index contributed by atoms with van der Waals surface area (Å²) < 4.78 is 4.96. The third-order valence-corrected chi connectivity index (χ3v) is 6.22. The fraction of sp³-hybridized carbons (Fsp3) is 0.300. The monoisotopic (exact) mass is 433 g/mol. The van der Waals surface area contributed by atoms with E-state index < -0.39 is 35.3 Å². The second kappa shape index (κ2) is 7.54. The quantitative estimate of drug-likeness (QED) is 0.728. The Kier molecular flexibility index (Phi) is 5.44. The number of rotatable bonds is 4. The molecule has 2 N–H and O–H groups in total. The van der Waals surface area contributed by atoms with Gasteiger partial charge in [0.15, 0.2) is 11.2 Å². The minimum Gasteiger partial charge on any atom is -0.468 e. The van der Waals surface area contributed by atoms with E-state index in [1.807, 2.05) is 0 Å². The SMILES string of the molecule is COC(=O)[C@]1(C#N)[C@H](c2cccc(Cl)c2Cl)[C@@H](C(N)=O)N2C=C(C(C)=O)C=C[C@@H]21. The predicted molar refractivity (Wildman–Crippen MR) is 106 cm³/mol. The van der Waals surface area contributed by atoms with Crippen LogP contribution in [0.25, 0.3) is 0 Å². The molecule has 1 fully saturated rings. The number of nitrogens with zero attached hydrogens (tertiary/aromatic N) is 2. The molecule has 1 saturated heterocycles. The number of esters is 1. The largest absolute Gasteiger partial charge is 0.468 e. The van der Waals surface area contributed by atoms with Crippen LogP contribution in [0.5, 0.6) is 0 Å². The van der Waals surface area contributed by atoms with Gasteiger partial charge in [0.05, 0.1) is 29.3 Å². The Morgan fingerprint density at radius 1 is 1.31 bits per heavy atom. The molecule has 150 valence electrons. The number of nitriles is 1. The molecule has 0 spiro atoms. The number of halogens is 2. The Bertz CT molecular complexity index is 1010. The summed E-state index contributed by atoms with van der Waals surface area (Å²) in [5.74, 6) is -2.95. The molecule has 2 heterocycles.